The van der Waals surface area contributed by atoms with Gasteiger partial charge in [0.25, 0.3) is 0 Å². The third-order valence-corrected chi connectivity index (χ3v) is 5.00. The minimum absolute atomic E-state index is 0.0739. The first-order chi connectivity index (χ1) is 11.4. The molecule has 2 aliphatic rings. The molecule has 0 atom stereocenters. The van der Waals surface area contributed by atoms with Crippen molar-refractivity contribution in [2.75, 3.05) is 6.61 Å². The van der Waals surface area contributed by atoms with E-state index in [2.05, 4.69) is 24.8 Å². The Bertz CT molecular complexity index is 751. The Balaban J connectivity index is 2.27. The van der Waals surface area contributed by atoms with Crippen LogP contribution in [0, 0.1) is 17.8 Å². The highest BCUT2D eigenvalue weighted by Gasteiger charge is 2.39. The van der Waals surface area contributed by atoms with Crippen molar-refractivity contribution < 1.29 is 14.3 Å². The molecule has 2 aliphatic carbocycles. The fraction of sp³-hybridized carbons (Fsp3) is 0.550. The second-order valence-electron chi connectivity index (χ2n) is 7.50. The molecule has 1 fully saturated rings. The average Bonchev–Trinajstić information content (AvgIpc) is 2.43. The first-order valence-electron chi connectivity index (χ1n) is 8.61. The van der Waals surface area contributed by atoms with E-state index in [0.717, 1.165) is 30.5 Å². The van der Waals surface area contributed by atoms with Crippen LogP contribution in [0.5, 0.6) is 0 Å². The number of Topliss-reactive ketones (excluding diaryl/α,β-unsaturated/α-hetero) is 1. The van der Waals surface area contributed by atoms with E-state index in [-0.39, 0.29) is 23.7 Å². The summed E-state index contributed by atoms with van der Waals surface area (Å²) in [6, 6.07) is 0. The van der Waals surface area contributed by atoms with Crippen LogP contribution in [0.25, 0.3) is 0 Å². The summed E-state index contributed by atoms with van der Waals surface area (Å²) in [4.78, 5) is 29.9. The number of terminal acetylenes is 1. The number of ketones is 1. The molecule has 24 heavy (non-hydrogen) atoms. The molecule has 0 radical (unpaired) electrons. The van der Waals surface area contributed by atoms with Crippen LogP contribution in [0.4, 0.5) is 0 Å². The maximum Gasteiger partial charge on any atom is 0.341 e. The van der Waals surface area contributed by atoms with Gasteiger partial charge in [0.15, 0.2) is 5.78 Å². The molecule has 0 aliphatic heterocycles. The van der Waals surface area contributed by atoms with Gasteiger partial charge in [0.05, 0.1) is 17.9 Å². The number of ether oxygens (including phenoxy) is 1. The molecule has 0 amide bonds. The van der Waals surface area contributed by atoms with Crippen molar-refractivity contribution in [2.24, 2.45) is 5.41 Å². The van der Waals surface area contributed by atoms with Crippen LogP contribution < -0.4 is 0 Å². The Morgan fingerprint density at radius 1 is 1.38 bits per heavy atom. The molecule has 1 heterocycles. The summed E-state index contributed by atoms with van der Waals surface area (Å²) in [6.07, 6.45) is 9.87. The van der Waals surface area contributed by atoms with Gasteiger partial charge in [-0.05, 0) is 49.0 Å². The first kappa shape index (κ1) is 16.7. The molecular formula is C20H23NO3. The van der Waals surface area contributed by atoms with Gasteiger partial charge in [-0.3, -0.25) is 4.79 Å². The van der Waals surface area contributed by atoms with Crippen LogP contribution >= 0.6 is 0 Å². The average molecular weight is 325 g/mol. The molecule has 0 N–H and O–H groups in total. The van der Waals surface area contributed by atoms with Crippen LogP contribution in [0.1, 0.15) is 90.0 Å². The summed E-state index contributed by atoms with van der Waals surface area (Å²) < 4.78 is 5.21. The van der Waals surface area contributed by atoms with E-state index in [4.69, 9.17) is 11.2 Å². The van der Waals surface area contributed by atoms with E-state index in [1.165, 1.54) is 0 Å². The van der Waals surface area contributed by atoms with E-state index in [1.54, 1.807) is 6.92 Å². The van der Waals surface area contributed by atoms with Gasteiger partial charge in [-0.25, -0.2) is 9.78 Å². The predicted octanol–water partition coefficient (Wildman–Crippen LogP) is 3.66. The quantitative estimate of drug-likeness (QED) is 0.628. The van der Waals surface area contributed by atoms with Crippen molar-refractivity contribution >= 4 is 11.8 Å². The first-order valence-corrected chi connectivity index (χ1v) is 8.61. The number of carbonyl (C=O) groups is 2. The smallest absolute Gasteiger partial charge is 0.341 e. The summed E-state index contributed by atoms with van der Waals surface area (Å²) in [5.74, 6) is 2.37. The SMILES string of the molecule is C#Cc1nc2c(c(C3CCC3)c1C(=O)OCC)C(=O)CC(C)(C)C2. The zero-order chi connectivity index (χ0) is 17.5. The zero-order valence-electron chi connectivity index (χ0n) is 14.6. The standard InChI is InChI=1S/C20H23NO3/c1-5-13-18(19(23)24-6-2)16(12-8-7-9-12)17-14(21-13)10-20(3,4)11-15(17)22/h1,12H,6-11H2,2-4H3. The minimum atomic E-state index is -0.458. The maximum atomic E-state index is 12.9. The van der Waals surface area contributed by atoms with Gasteiger partial charge < -0.3 is 4.74 Å². The third kappa shape index (κ3) is 2.73. The van der Waals surface area contributed by atoms with E-state index in [9.17, 15) is 9.59 Å². The molecule has 1 aromatic rings. The summed E-state index contributed by atoms with van der Waals surface area (Å²) >= 11 is 0. The lowest BCUT2D eigenvalue weighted by atomic mass is 9.69. The van der Waals surface area contributed by atoms with E-state index >= 15 is 0 Å². The lowest BCUT2D eigenvalue weighted by Gasteiger charge is -2.35. The summed E-state index contributed by atoms with van der Waals surface area (Å²) in [6.45, 7) is 6.15. The molecule has 0 saturated heterocycles. The summed E-state index contributed by atoms with van der Waals surface area (Å²) in [5, 5.41) is 0. The largest absolute Gasteiger partial charge is 0.462 e. The molecule has 0 unspecified atom stereocenters. The van der Waals surface area contributed by atoms with E-state index in [0.29, 0.717) is 29.7 Å². The van der Waals surface area contributed by atoms with Gasteiger partial charge >= 0.3 is 5.97 Å². The number of pyridine rings is 1. The number of fused-ring (bicyclic) bond motifs is 1. The van der Waals surface area contributed by atoms with Crippen molar-refractivity contribution in [1.82, 2.24) is 4.98 Å². The second kappa shape index (κ2) is 6.05. The minimum Gasteiger partial charge on any atom is -0.462 e. The lowest BCUT2D eigenvalue weighted by molar-refractivity contribution is 0.0522. The topological polar surface area (TPSA) is 56.3 Å². The molecule has 4 heteroatoms. The number of nitrogens with zero attached hydrogens (tertiary/aromatic N) is 1. The normalized spacial score (nSPS) is 19.2. The number of rotatable bonds is 3. The van der Waals surface area contributed by atoms with Gasteiger partial charge in [-0.1, -0.05) is 20.3 Å². The highest BCUT2D eigenvalue weighted by atomic mass is 16.5. The number of esters is 1. The number of carbonyl (C=O) groups excluding carboxylic acids is 2. The number of aromatic nitrogens is 1. The highest BCUT2D eigenvalue weighted by molar-refractivity contribution is 6.04. The summed E-state index contributed by atoms with van der Waals surface area (Å²) in [5.41, 5.74) is 2.72. The van der Waals surface area contributed by atoms with Gasteiger partial charge in [0.2, 0.25) is 0 Å². The lowest BCUT2D eigenvalue weighted by Crippen LogP contribution is -2.32. The van der Waals surface area contributed by atoms with Crippen LogP contribution in [0.3, 0.4) is 0 Å². The predicted molar refractivity (Wildman–Crippen MR) is 91.2 cm³/mol. The van der Waals surface area contributed by atoms with E-state index in [1.807, 2.05) is 0 Å². The molecule has 1 saturated carbocycles. The zero-order valence-corrected chi connectivity index (χ0v) is 14.6. The van der Waals surface area contributed by atoms with Gasteiger partial charge in [0, 0.05) is 12.0 Å². The second-order valence-corrected chi connectivity index (χ2v) is 7.50. The van der Waals surface area contributed by atoms with Crippen LogP contribution in [-0.2, 0) is 11.2 Å². The van der Waals surface area contributed by atoms with Gasteiger partial charge in [0.1, 0.15) is 5.69 Å². The monoisotopic (exact) mass is 325 g/mol. The van der Waals surface area contributed by atoms with Crippen molar-refractivity contribution in [3.05, 3.63) is 28.1 Å². The molecule has 4 nitrogen and oxygen atoms in total. The Hall–Kier alpha value is -2.15. The molecule has 126 valence electrons. The molecule has 0 spiro atoms. The fourth-order valence-corrected chi connectivity index (χ4v) is 3.75. The molecular weight excluding hydrogens is 302 g/mol. The van der Waals surface area contributed by atoms with Crippen LogP contribution in [-0.4, -0.2) is 23.3 Å². The van der Waals surface area contributed by atoms with Crippen molar-refractivity contribution in [3.63, 3.8) is 0 Å². The van der Waals surface area contributed by atoms with Crippen molar-refractivity contribution in [1.29, 1.82) is 0 Å². The Morgan fingerprint density at radius 3 is 2.62 bits per heavy atom. The maximum absolute atomic E-state index is 12.9. The fourth-order valence-electron chi connectivity index (χ4n) is 3.75. The Morgan fingerprint density at radius 2 is 2.08 bits per heavy atom. The van der Waals surface area contributed by atoms with Crippen LogP contribution in [0.2, 0.25) is 0 Å². The Labute approximate surface area is 143 Å². The third-order valence-electron chi connectivity index (χ3n) is 5.00. The van der Waals surface area contributed by atoms with Gasteiger partial charge in [-0.15, -0.1) is 6.42 Å². The number of hydrogen-bond acceptors (Lipinski definition) is 4. The van der Waals surface area contributed by atoms with Crippen LogP contribution in [0.15, 0.2) is 0 Å². The Kier molecular flexibility index (Phi) is 4.21. The van der Waals surface area contributed by atoms with E-state index < -0.39 is 5.97 Å². The molecule has 1 aromatic heterocycles. The summed E-state index contributed by atoms with van der Waals surface area (Å²) in [7, 11) is 0. The highest BCUT2D eigenvalue weighted by Crippen LogP contribution is 2.45. The molecule has 3 rings (SSSR count). The van der Waals surface area contributed by atoms with Crippen molar-refractivity contribution in [3.8, 4) is 12.3 Å². The molecule has 0 bridgehead atoms. The van der Waals surface area contributed by atoms with Gasteiger partial charge in [-0.2, -0.15) is 0 Å². The molecule has 0 aromatic carbocycles. The van der Waals surface area contributed by atoms with Crippen molar-refractivity contribution in [2.45, 2.75) is 58.8 Å². The number of hydrogen-bond donors (Lipinski definition) is 0.